The van der Waals surface area contributed by atoms with Gasteiger partial charge in [0.05, 0.1) is 6.42 Å². The Morgan fingerprint density at radius 3 is 2.90 bits per heavy atom. The van der Waals surface area contributed by atoms with Gasteiger partial charge >= 0.3 is 0 Å². The summed E-state index contributed by atoms with van der Waals surface area (Å²) in [7, 11) is 0. The van der Waals surface area contributed by atoms with Gasteiger partial charge in [-0.15, -0.1) is 0 Å². The van der Waals surface area contributed by atoms with Crippen LogP contribution in [0.1, 0.15) is 32.3 Å². The summed E-state index contributed by atoms with van der Waals surface area (Å²) in [6.45, 7) is 6.90. The Kier molecular flexibility index (Phi) is 5.62. The molecule has 0 spiro atoms. The minimum Gasteiger partial charge on any atom is -0.508 e. The normalized spacial score (nSPS) is 18.1. The number of benzene rings is 1. The molecule has 1 aliphatic rings. The van der Waals surface area contributed by atoms with E-state index in [-0.39, 0.29) is 11.7 Å². The molecule has 0 aliphatic carbocycles. The molecule has 1 heterocycles. The molecule has 1 saturated heterocycles. The average molecular weight is 290 g/mol. The molecule has 1 atom stereocenters. The number of rotatable bonds is 6. The second-order valence-corrected chi connectivity index (χ2v) is 6.33. The number of phenols is 1. The summed E-state index contributed by atoms with van der Waals surface area (Å²) in [6, 6.07) is 7.39. The van der Waals surface area contributed by atoms with E-state index in [2.05, 4.69) is 19.2 Å². The van der Waals surface area contributed by atoms with E-state index in [1.807, 2.05) is 11.0 Å². The van der Waals surface area contributed by atoms with Crippen molar-refractivity contribution in [1.29, 1.82) is 0 Å². The van der Waals surface area contributed by atoms with Crippen molar-refractivity contribution < 1.29 is 9.90 Å². The number of amides is 1. The van der Waals surface area contributed by atoms with Gasteiger partial charge in [0, 0.05) is 19.1 Å². The van der Waals surface area contributed by atoms with Crippen molar-refractivity contribution in [3.05, 3.63) is 29.8 Å². The Hall–Kier alpha value is -1.55. The SMILES string of the molecule is CC(C)CN(CC1CCCN1)C(=O)Cc1cccc(O)c1. The van der Waals surface area contributed by atoms with E-state index in [0.29, 0.717) is 18.4 Å². The van der Waals surface area contributed by atoms with Crippen molar-refractivity contribution >= 4 is 5.91 Å². The highest BCUT2D eigenvalue weighted by atomic mass is 16.3. The van der Waals surface area contributed by atoms with Gasteiger partial charge in [0.25, 0.3) is 0 Å². The second-order valence-electron chi connectivity index (χ2n) is 6.33. The first-order valence-electron chi connectivity index (χ1n) is 7.83. The van der Waals surface area contributed by atoms with Crippen LogP contribution in [0.4, 0.5) is 0 Å². The molecule has 4 heteroatoms. The van der Waals surface area contributed by atoms with Gasteiger partial charge in [0.15, 0.2) is 0 Å². The number of carbonyl (C=O) groups excluding carboxylic acids is 1. The fraction of sp³-hybridized carbons (Fsp3) is 0.588. The van der Waals surface area contributed by atoms with E-state index in [9.17, 15) is 9.90 Å². The zero-order valence-electron chi connectivity index (χ0n) is 13.0. The van der Waals surface area contributed by atoms with E-state index < -0.39 is 0 Å². The van der Waals surface area contributed by atoms with Gasteiger partial charge in [0.2, 0.25) is 5.91 Å². The minimum atomic E-state index is 0.142. The fourth-order valence-corrected chi connectivity index (χ4v) is 2.85. The Morgan fingerprint density at radius 2 is 2.29 bits per heavy atom. The van der Waals surface area contributed by atoms with E-state index in [1.165, 1.54) is 6.42 Å². The van der Waals surface area contributed by atoms with Crippen LogP contribution in [-0.2, 0) is 11.2 Å². The molecule has 4 nitrogen and oxygen atoms in total. The molecule has 1 fully saturated rings. The Morgan fingerprint density at radius 1 is 1.48 bits per heavy atom. The van der Waals surface area contributed by atoms with Crippen LogP contribution in [0.3, 0.4) is 0 Å². The molecule has 21 heavy (non-hydrogen) atoms. The Balaban J connectivity index is 1.98. The van der Waals surface area contributed by atoms with E-state index in [1.54, 1.807) is 18.2 Å². The number of aromatic hydroxyl groups is 1. The maximum atomic E-state index is 12.6. The first kappa shape index (κ1) is 15.8. The molecule has 116 valence electrons. The van der Waals surface area contributed by atoms with Crippen molar-refractivity contribution in [2.75, 3.05) is 19.6 Å². The third kappa shape index (κ3) is 5.05. The summed E-state index contributed by atoms with van der Waals surface area (Å²) in [5.41, 5.74) is 0.869. The molecular formula is C17H26N2O2. The monoisotopic (exact) mass is 290 g/mol. The molecule has 1 aromatic carbocycles. The predicted molar refractivity (Wildman–Crippen MR) is 84.3 cm³/mol. The zero-order valence-corrected chi connectivity index (χ0v) is 13.0. The quantitative estimate of drug-likeness (QED) is 0.844. The minimum absolute atomic E-state index is 0.142. The van der Waals surface area contributed by atoms with Gasteiger partial charge in [-0.2, -0.15) is 0 Å². The molecule has 2 N–H and O–H groups in total. The third-order valence-corrected chi connectivity index (χ3v) is 3.81. The standard InChI is InChI=1S/C17H26N2O2/c1-13(2)11-19(12-15-6-4-8-18-15)17(21)10-14-5-3-7-16(20)9-14/h3,5,7,9,13,15,18,20H,4,6,8,10-12H2,1-2H3. The molecular weight excluding hydrogens is 264 g/mol. The second kappa shape index (κ2) is 7.46. The summed E-state index contributed by atoms with van der Waals surface area (Å²) in [5, 5.41) is 13.0. The number of nitrogens with zero attached hydrogens (tertiary/aromatic N) is 1. The lowest BCUT2D eigenvalue weighted by Crippen LogP contribution is -2.43. The summed E-state index contributed by atoms with van der Waals surface area (Å²) >= 11 is 0. The van der Waals surface area contributed by atoms with Crippen LogP contribution in [0.15, 0.2) is 24.3 Å². The van der Waals surface area contributed by atoms with Gasteiger partial charge in [-0.3, -0.25) is 4.79 Å². The number of carbonyl (C=O) groups is 1. The molecule has 1 amide bonds. The predicted octanol–water partition coefficient (Wildman–Crippen LogP) is 2.17. The maximum absolute atomic E-state index is 12.6. The van der Waals surface area contributed by atoms with Gasteiger partial charge in [0.1, 0.15) is 5.75 Å². The van der Waals surface area contributed by atoms with Crippen LogP contribution >= 0.6 is 0 Å². The van der Waals surface area contributed by atoms with Crippen LogP contribution < -0.4 is 5.32 Å². The van der Waals surface area contributed by atoms with Crippen LogP contribution in [0.25, 0.3) is 0 Å². The molecule has 0 radical (unpaired) electrons. The van der Waals surface area contributed by atoms with Crippen LogP contribution in [0.5, 0.6) is 5.75 Å². The van der Waals surface area contributed by atoms with Gasteiger partial charge in [-0.1, -0.05) is 26.0 Å². The zero-order chi connectivity index (χ0) is 15.2. The molecule has 1 aliphatic heterocycles. The fourth-order valence-electron chi connectivity index (χ4n) is 2.85. The van der Waals surface area contributed by atoms with E-state index >= 15 is 0 Å². The first-order valence-corrected chi connectivity index (χ1v) is 7.83. The van der Waals surface area contributed by atoms with Crippen molar-refractivity contribution in [1.82, 2.24) is 10.2 Å². The lowest BCUT2D eigenvalue weighted by molar-refractivity contribution is -0.131. The molecule has 1 unspecified atom stereocenters. The molecule has 1 aromatic rings. The number of nitrogens with one attached hydrogen (secondary N) is 1. The maximum Gasteiger partial charge on any atom is 0.227 e. The van der Waals surface area contributed by atoms with Crippen molar-refractivity contribution in [3.8, 4) is 5.75 Å². The summed E-state index contributed by atoms with van der Waals surface area (Å²) < 4.78 is 0. The lowest BCUT2D eigenvalue weighted by Gasteiger charge is -2.27. The molecule has 0 aromatic heterocycles. The Labute approximate surface area is 127 Å². The average Bonchev–Trinajstić information content (AvgIpc) is 2.90. The van der Waals surface area contributed by atoms with E-state index in [4.69, 9.17) is 0 Å². The first-order chi connectivity index (χ1) is 10.0. The Bertz CT molecular complexity index is 468. The van der Waals surface area contributed by atoms with Gasteiger partial charge in [-0.05, 0) is 43.0 Å². The number of hydrogen-bond acceptors (Lipinski definition) is 3. The summed E-state index contributed by atoms with van der Waals surface area (Å²) in [6.07, 6.45) is 2.70. The summed E-state index contributed by atoms with van der Waals surface area (Å²) in [5.74, 6) is 0.815. The highest BCUT2D eigenvalue weighted by Crippen LogP contribution is 2.14. The van der Waals surface area contributed by atoms with Gasteiger partial charge in [-0.25, -0.2) is 0 Å². The lowest BCUT2D eigenvalue weighted by atomic mass is 10.1. The highest BCUT2D eigenvalue weighted by Gasteiger charge is 2.22. The smallest absolute Gasteiger partial charge is 0.227 e. The number of phenolic OH excluding ortho intramolecular Hbond substituents is 1. The summed E-state index contributed by atoms with van der Waals surface area (Å²) in [4.78, 5) is 14.5. The largest absolute Gasteiger partial charge is 0.508 e. The topological polar surface area (TPSA) is 52.6 Å². The van der Waals surface area contributed by atoms with Crippen LogP contribution in [-0.4, -0.2) is 41.6 Å². The van der Waals surface area contributed by atoms with Gasteiger partial charge < -0.3 is 15.3 Å². The molecule has 0 saturated carbocycles. The van der Waals surface area contributed by atoms with Crippen molar-refractivity contribution in [2.45, 2.75) is 39.2 Å². The van der Waals surface area contributed by atoms with Crippen molar-refractivity contribution in [3.63, 3.8) is 0 Å². The highest BCUT2D eigenvalue weighted by molar-refractivity contribution is 5.79. The molecule has 2 rings (SSSR count). The van der Waals surface area contributed by atoms with Crippen LogP contribution in [0, 0.1) is 5.92 Å². The third-order valence-electron chi connectivity index (χ3n) is 3.81. The van der Waals surface area contributed by atoms with Crippen LogP contribution in [0.2, 0.25) is 0 Å². The van der Waals surface area contributed by atoms with Crippen molar-refractivity contribution in [2.24, 2.45) is 5.92 Å². The molecule has 0 bridgehead atoms. The van der Waals surface area contributed by atoms with E-state index in [0.717, 1.165) is 31.6 Å². The number of hydrogen-bond donors (Lipinski definition) is 2.